The summed E-state index contributed by atoms with van der Waals surface area (Å²) < 4.78 is 0. The van der Waals surface area contributed by atoms with E-state index < -0.39 is 7.12 Å². The smallest absolute Gasteiger partial charge is 0.423 e. The van der Waals surface area contributed by atoms with Crippen LogP contribution in [0.2, 0.25) is 0 Å². The summed E-state index contributed by atoms with van der Waals surface area (Å²) in [5.41, 5.74) is 3.83. The van der Waals surface area contributed by atoms with Gasteiger partial charge in [-0.15, -0.1) is 0 Å². The maximum atomic E-state index is 9.20. The summed E-state index contributed by atoms with van der Waals surface area (Å²) in [6.45, 7) is 0.704. The van der Waals surface area contributed by atoms with E-state index in [4.69, 9.17) is 0 Å². The fraction of sp³-hybridized carbons (Fsp3) is 0.0526. The normalized spacial score (nSPS) is 10.3. The van der Waals surface area contributed by atoms with Gasteiger partial charge in [0.25, 0.3) is 0 Å². The van der Waals surface area contributed by atoms with Gasteiger partial charge in [0.15, 0.2) is 0 Å². The van der Waals surface area contributed by atoms with Crippen molar-refractivity contribution in [2.75, 3.05) is 4.90 Å². The van der Waals surface area contributed by atoms with Gasteiger partial charge in [0, 0.05) is 17.9 Å². The predicted octanol–water partition coefficient (Wildman–Crippen LogP) is 2.70. The number of rotatable bonds is 5. The van der Waals surface area contributed by atoms with Crippen molar-refractivity contribution < 1.29 is 10.0 Å². The van der Waals surface area contributed by atoms with Crippen molar-refractivity contribution in [2.45, 2.75) is 6.54 Å². The highest BCUT2D eigenvalue weighted by atomic mass is 16.4. The molecule has 3 nitrogen and oxygen atoms in total. The van der Waals surface area contributed by atoms with Crippen molar-refractivity contribution in [2.24, 2.45) is 0 Å². The first-order valence-electron chi connectivity index (χ1n) is 7.56. The van der Waals surface area contributed by atoms with Crippen LogP contribution in [0.25, 0.3) is 0 Å². The molecule has 23 heavy (non-hydrogen) atoms. The first kappa shape index (κ1) is 15.3. The topological polar surface area (TPSA) is 43.7 Å². The monoisotopic (exact) mass is 303 g/mol. The molecule has 3 aromatic carbocycles. The second kappa shape index (κ2) is 7.14. The van der Waals surface area contributed by atoms with Crippen LogP contribution in [-0.4, -0.2) is 17.2 Å². The second-order valence-electron chi connectivity index (χ2n) is 5.37. The number of anilines is 2. The molecule has 0 atom stereocenters. The number of hydrogen-bond donors (Lipinski definition) is 2. The van der Waals surface area contributed by atoms with Crippen LogP contribution in [0.15, 0.2) is 84.9 Å². The minimum Gasteiger partial charge on any atom is -0.423 e. The van der Waals surface area contributed by atoms with Crippen LogP contribution in [0, 0.1) is 0 Å². The fourth-order valence-electron chi connectivity index (χ4n) is 2.53. The Hall–Kier alpha value is -2.56. The highest BCUT2D eigenvalue weighted by Crippen LogP contribution is 2.26. The molecule has 0 aliphatic rings. The van der Waals surface area contributed by atoms with Crippen LogP contribution in [0.5, 0.6) is 0 Å². The Bertz CT molecular complexity index is 691. The molecule has 0 aromatic heterocycles. The zero-order valence-corrected chi connectivity index (χ0v) is 12.7. The molecule has 0 unspecified atom stereocenters. The summed E-state index contributed by atoms with van der Waals surface area (Å²) >= 11 is 0. The van der Waals surface area contributed by atoms with Crippen molar-refractivity contribution in [1.29, 1.82) is 0 Å². The lowest BCUT2D eigenvalue weighted by molar-refractivity contribution is 0.426. The number of benzene rings is 3. The summed E-state index contributed by atoms with van der Waals surface area (Å²) in [6, 6.07) is 27.8. The van der Waals surface area contributed by atoms with Gasteiger partial charge in [0.2, 0.25) is 0 Å². The number of para-hydroxylation sites is 2. The van der Waals surface area contributed by atoms with Gasteiger partial charge in [-0.2, -0.15) is 0 Å². The molecule has 0 heterocycles. The highest BCUT2D eigenvalue weighted by molar-refractivity contribution is 6.58. The van der Waals surface area contributed by atoms with Crippen LogP contribution in [-0.2, 0) is 6.54 Å². The van der Waals surface area contributed by atoms with Crippen molar-refractivity contribution in [3.05, 3.63) is 90.5 Å². The molecule has 0 amide bonds. The van der Waals surface area contributed by atoms with E-state index in [1.807, 2.05) is 48.5 Å². The molecular weight excluding hydrogens is 285 g/mol. The summed E-state index contributed by atoms with van der Waals surface area (Å²) in [5, 5.41) is 18.4. The van der Waals surface area contributed by atoms with Crippen LogP contribution in [0.1, 0.15) is 5.56 Å². The zero-order valence-electron chi connectivity index (χ0n) is 12.7. The molecule has 0 aliphatic carbocycles. The van der Waals surface area contributed by atoms with Gasteiger partial charge in [-0.25, -0.2) is 0 Å². The van der Waals surface area contributed by atoms with Gasteiger partial charge in [0.05, 0.1) is 0 Å². The number of nitrogens with zero attached hydrogens (tertiary/aromatic N) is 1. The molecule has 0 spiro atoms. The van der Waals surface area contributed by atoms with E-state index >= 15 is 0 Å². The fourth-order valence-corrected chi connectivity index (χ4v) is 2.53. The molecule has 0 saturated carbocycles. The Balaban J connectivity index is 1.90. The molecule has 114 valence electrons. The van der Waals surface area contributed by atoms with Gasteiger partial charge in [0.1, 0.15) is 0 Å². The molecule has 4 heteroatoms. The lowest BCUT2D eigenvalue weighted by atomic mass is 9.80. The minimum atomic E-state index is -1.43. The standard InChI is InChI=1S/C19H18BNO2/c22-20(23)17-13-11-16(12-14-17)15-21(18-7-3-1-4-8-18)19-9-5-2-6-10-19/h1-14,22-23H,15H2. The van der Waals surface area contributed by atoms with E-state index in [0.29, 0.717) is 12.0 Å². The number of hydrogen-bond acceptors (Lipinski definition) is 3. The lowest BCUT2D eigenvalue weighted by Crippen LogP contribution is -2.29. The SMILES string of the molecule is OB(O)c1ccc(CN(c2ccccc2)c2ccccc2)cc1. The minimum absolute atomic E-state index is 0.500. The Morgan fingerprint density at radius 1 is 0.652 bits per heavy atom. The van der Waals surface area contributed by atoms with E-state index in [1.165, 1.54) is 0 Å². The molecule has 3 rings (SSSR count). The molecule has 2 N–H and O–H groups in total. The molecule has 0 radical (unpaired) electrons. The summed E-state index contributed by atoms with van der Waals surface area (Å²) in [7, 11) is -1.43. The Kier molecular flexibility index (Phi) is 4.76. The molecule has 3 aromatic rings. The maximum Gasteiger partial charge on any atom is 0.488 e. The van der Waals surface area contributed by atoms with Crippen molar-refractivity contribution >= 4 is 24.0 Å². The van der Waals surface area contributed by atoms with Crippen LogP contribution in [0.3, 0.4) is 0 Å². The van der Waals surface area contributed by atoms with Gasteiger partial charge < -0.3 is 14.9 Å². The first-order chi connectivity index (χ1) is 11.2. The Labute approximate surface area is 136 Å². The zero-order chi connectivity index (χ0) is 16.1. The third-order valence-corrected chi connectivity index (χ3v) is 3.75. The molecule has 0 aliphatic heterocycles. The van der Waals surface area contributed by atoms with Crippen LogP contribution in [0.4, 0.5) is 11.4 Å². The van der Waals surface area contributed by atoms with Gasteiger partial charge in [-0.1, -0.05) is 60.7 Å². The average Bonchev–Trinajstić information content (AvgIpc) is 2.61. The third kappa shape index (κ3) is 3.80. The molecule has 0 saturated heterocycles. The van der Waals surface area contributed by atoms with E-state index in [0.717, 1.165) is 16.9 Å². The van der Waals surface area contributed by atoms with E-state index in [9.17, 15) is 10.0 Å². The Morgan fingerprint density at radius 3 is 1.57 bits per heavy atom. The van der Waals surface area contributed by atoms with E-state index in [-0.39, 0.29) is 0 Å². The van der Waals surface area contributed by atoms with E-state index in [2.05, 4.69) is 29.2 Å². The van der Waals surface area contributed by atoms with Crippen molar-refractivity contribution in [3.63, 3.8) is 0 Å². The van der Waals surface area contributed by atoms with Crippen molar-refractivity contribution in [1.82, 2.24) is 0 Å². The molecule has 0 bridgehead atoms. The van der Waals surface area contributed by atoms with Gasteiger partial charge in [-0.3, -0.25) is 0 Å². The van der Waals surface area contributed by atoms with Crippen molar-refractivity contribution in [3.8, 4) is 0 Å². The average molecular weight is 303 g/mol. The third-order valence-electron chi connectivity index (χ3n) is 3.75. The lowest BCUT2D eigenvalue weighted by Gasteiger charge is -2.25. The maximum absolute atomic E-state index is 9.20. The van der Waals surface area contributed by atoms with Crippen LogP contribution >= 0.6 is 0 Å². The first-order valence-corrected chi connectivity index (χ1v) is 7.56. The highest BCUT2D eigenvalue weighted by Gasteiger charge is 2.12. The molecule has 0 fully saturated rings. The largest absolute Gasteiger partial charge is 0.488 e. The van der Waals surface area contributed by atoms with Crippen LogP contribution < -0.4 is 10.4 Å². The van der Waals surface area contributed by atoms with Gasteiger partial charge in [-0.05, 0) is 35.3 Å². The summed E-state index contributed by atoms with van der Waals surface area (Å²) in [6.07, 6.45) is 0. The second-order valence-corrected chi connectivity index (χ2v) is 5.37. The predicted molar refractivity (Wildman–Crippen MR) is 95.0 cm³/mol. The summed E-state index contributed by atoms with van der Waals surface area (Å²) in [5.74, 6) is 0. The van der Waals surface area contributed by atoms with Gasteiger partial charge >= 0.3 is 7.12 Å². The summed E-state index contributed by atoms with van der Waals surface area (Å²) in [4.78, 5) is 2.23. The quantitative estimate of drug-likeness (QED) is 0.712. The Morgan fingerprint density at radius 2 is 1.13 bits per heavy atom. The molecular formula is C19H18BNO2. The van der Waals surface area contributed by atoms with E-state index in [1.54, 1.807) is 12.1 Å².